The minimum absolute atomic E-state index is 0.160. The van der Waals surface area contributed by atoms with Crippen LogP contribution in [0.5, 0.6) is 5.75 Å². The zero-order valence-electron chi connectivity index (χ0n) is 13.0. The predicted molar refractivity (Wildman–Crippen MR) is 82.8 cm³/mol. The second-order valence-corrected chi connectivity index (χ2v) is 6.94. The highest BCUT2D eigenvalue weighted by atomic mass is 32.2. The van der Waals surface area contributed by atoms with Crippen LogP contribution in [0.4, 0.5) is 0 Å². The first kappa shape index (κ1) is 16.5. The normalized spacial score (nSPS) is 19.3. The molecular weight excluding hydrogens is 288 g/mol. The van der Waals surface area contributed by atoms with Crippen LogP contribution in [0.1, 0.15) is 40.0 Å². The zero-order valence-corrected chi connectivity index (χ0v) is 13.8. The second-order valence-electron chi connectivity index (χ2n) is 5.76. The summed E-state index contributed by atoms with van der Waals surface area (Å²) in [5, 5.41) is 0. The van der Waals surface area contributed by atoms with Gasteiger partial charge in [0.15, 0.2) is 11.1 Å². The van der Waals surface area contributed by atoms with Gasteiger partial charge in [-0.15, -0.1) is 0 Å². The summed E-state index contributed by atoms with van der Waals surface area (Å²) in [6.07, 6.45) is 3.33. The van der Waals surface area contributed by atoms with E-state index in [1.165, 1.54) is 0 Å². The number of hydrogen-bond donors (Lipinski definition) is 0. The van der Waals surface area contributed by atoms with Gasteiger partial charge < -0.3 is 9.47 Å². The third-order valence-corrected chi connectivity index (χ3v) is 4.48. The van der Waals surface area contributed by atoms with Crippen molar-refractivity contribution >= 4 is 11.1 Å². The first-order valence-electron chi connectivity index (χ1n) is 7.48. The van der Waals surface area contributed by atoms with E-state index in [0.717, 1.165) is 31.6 Å². The van der Waals surface area contributed by atoms with E-state index in [1.54, 1.807) is 12.1 Å². The number of unbranched alkanes of at least 4 members (excludes halogenated alkanes) is 2. The molecule has 0 saturated carbocycles. The molecule has 0 bridgehead atoms. The van der Waals surface area contributed by atoms with E-state index in [4.69, 9.17) is 13.7 Å². The van der Waals surface area contributed by atoms with Gasteiger partial charge in [0.2, 0.25) is 0 Å². The van der Waals surface area contributed by atoms with E-state index in [2.05, 4.69) is 6.92 Å². The topological polar surface area (TPSA) is 48.1 Å². The van der Waals surface area contributed by atoms with Crippen LogP contribution in [-0.4, -0.2) is 29.1 Å². The molecule has 5 heteroatoms. The number of rotatable bonds is 9. The third-order valence-electron chi connectivity index (χ3n) is 3.44. The minimum atomic E-state index is -1.39. The summed E-state index contributed by atoms with van der Waals surface area (Å²) >= 11 is -1.39. The van der Waals surface area contributed by atoms with Crippen LogP contribution < -0.4 is 4.74 Å². The Labute approximate surface area is 129 Å². The largest absolute Gasteiger partial charge is 0.485 e. The summed E-state index contributed by atoms with van der Waals surface area (Å²) in [6.45, 7) is 7.43. The van der Waals surface area contributed by atoms with Crippen molar-refractivity contribution in [2.24, 2.45) is 0 Å². The van der Waals surface area contributed by atoms with E-state index in [0.29, 0.717) is 11.5 Å². The van der Waals surface area contributed by atoms with Gasteiger partial charge >= 0.3 is 0 Å². The molecule has 1 fully saturated rings. The molecule has 1 aliphatic rings. The van der Waals surface area contributed by atoms with Gasteiger partial charge in [-0.05, 0) is 44.5 Å². The van der Waals surface area contributed by atoms with Crippen molar-refractivity contribution in [1.82, 2.24) is 0 Å². The fourth-order valence-corrected chi connectivity index (χ4v) is 2.76. The summed E-state index contributed by atoms with van der Waals surface area (Å²) in [6, 6.07) is 7.23. The van der Waals surface area contributed by atoms with Crippen LogP contribution in [-0.2, 0) is 20.0 Å². The average Bonchev–Trinajstić information content (AvgIpc) is 3.29. The minimum Gasteiger partial charge on any atom is -0.485 e. The lowest BCUT2D eigenvalue weighted by atomic mass is 10.1. The maximum Gasteiger partial charge on any atom is 0.189 e. The summed E-state index contributed by atoms with van der Waals surface area (Å²) in [7, 11) is 0. The Morgan fingerprint density at radius 3 is 2.52 bits per heavy atom. The molecule has 2 rings (SSSR count). The summed E-state index contributed by atoms with van der Waals surface area (Å²) in [4.78, 5) is 0.666. The van der Waals surface area contributed by atoms with Gasteiger partial charge in [0.25, 0.3) is 0 Å². The molecule has 1 heterocycles. The van der Waals surface area contributed by atoms with Crippen molar-refractivity contribution in [3.05, 3.63) is 24.3 Å². The highest BCUT2D eigenvalue weighted by Gasteiger charge is 2.41. The molecule has 0 aromatic heterocycles. The maximum absolute atomic E-state index is 12.0. The second kappa shape index (κ2) is 7.38. The Balaban J connectivity index is 1.84. The molecule has 0 N–H and O–H groups in total. The first-order chi connectivity index (χ1) is 10.0. The molecule has 0 spiro atoms. The van der Waals surface area contributed by atoms with Gasteiger partial charge in [0.05, 0.1) is 18.1 Å². The molecular formula is C16H24O4S. The van der Waals surface area contributed by atoms with Crippen molar-refractivity contribution in [3.8, 4) is 5.75 Å². The molecule has 2 atom stereocenters. The molecule has 118 valence electrons. The maximum atomic E-state index is 12.0. The first-order valence-corrected chi connectivity index (χ1v) is 8.56. The summed E-state index contributed by atoms with van der Waals surface area (Å²) in [5.74, 6) is 0.752. The lowest BCUT2D eigenvalue weighted by Gasteiger charge is -2.24. The van der Waals surface area contributed by atoms with Gasteiger partial charge in [-0.3, -0.25) is 4.18 Å². The van der Waals surface area contributed by atoms with E-state index in [-0.39, 0.29) is 11.7 Å². The molecule has 4 nitrogen and oxygen atoms in total. The van der Waals surface area contributed by atoms with Crippen LogP contribution in [0.15, 0.2) is 29.2 Å². The monoisotopic (exact) mass is 312 g/mol. The molecule has 1 saturated heterocycles. The highest BCUT2D eigenvalue weighted by Crippen LogP contribution is 2.29. The van der Waals surface area contributed by atoms with Gasteiger partial charge in [0, 0.05) is 0 Å². The Bertz CT molecular complexity index is 466. The quantitative estimate of drug-likeness (QED) is 0.517. The van der Waals surface area contributed by atoms with Crippen LogP contribution in [0.25, 0.3) is 0 Å². The molecule has 0 amide bonds. The fourth-order valence-electron chi connectivity index (χ4n) is 1.99. The predicted octanol–water partition coefficient (Wildman–Crippen LogP) is 3.47. The van der Waals surface area contributed by atoms with Crippen molar-refractivity contribution in [1.29, 1.82) is 0 Å². The van der Waals surface area contributed by atoms with Crippen molar-refractivity contribution < 1.29 is 17.9 Å². The van der Waals surface area contributed by atoms with E-state index >= 15 is 0 Å². The summed E-state index contributed by atoms with van der Waals surface area (Å²) in [5.41, 5.74) is -0.336. The van der Waals surface area contributed by atoms with Crippen molar-refractivity contribution in [2.45, 2.75) is 56.6 Å². The van der Waals surface area contributed by atoms with Crippen LogP contribution in [0.2, 0.25) is 0 Å². The molecule has 1 aliphatic heterocycles. The Morgan fingerprint density at radius 1 is 1.29 bits per heavy atom. The van der Waals surface area contributed by atoms with Crippen LogP contribution in [0, 0.1) is 0 Å². The van der Waals surface area contributed by atoms with Crippen molar-refractivity contribution in [3.63, 3.8) is 0 Å². The fraction of sp³-hybridized carbons (Fsp3) is 0.625. The van der Waals surface area contributed by atoms with Gasteiger partial charge in [0.1, 0.15) is 17.5 Å². The Morgan fingerprint density at radius 2 is 1.95 bits per heavy atom. The Hall–Kier alpha value is -0.910. The van der Waals surface area contributed by atoms with Gasteiger partial charge in [-0.25, -0.2) is 4.21 Å². The Kier molecular flexibility index (Phi) is 5.79. The smallest absolute Gasteiger partial charge is 0.189 e. The molecule has 2 unspecified atom stereocenters. The molecule has 0 radical (unpaired) electrons. The number of epoxide rings is 1. The van der Waals surface area contributed by atoms with Crippen LogP contribution >= 0.6 is 0 Å². The zero-order chi connectivity index (χ0) is 15.3. The number of ether oxygens (including phenoxy) is 2. The third kappa shape index (κ3) is 5.09. The SMILES string of the molecule is CCCCCOS(=O)c1ccc(OC(C)(C)C2CO2)cc1. The van der Waals surface area contributed by atoms with E-state index < -0.39 is 11.1 Å². The number of benzene rings is 1. The summed E-state index contributed by atoms with van der Waals surface area (Å²) < 4.78 is 28.5. The lowest BCUT2D eigenvalue weighted by molar-refractivity contribution is 0.0743. The van der Waals surface area contributed by atoms with Crippen LogP contribution in [0.3, 0.4) is 0 Å². The number of hydrogen-bond acceptors (Lipinski definition) is 4. The molecule has 0 aliphatic carbocycles. The molecule has 1 aromatic rings. The molecule has 1 aromatic carbocycles. The van der Waals surface area contributed by atoms with Gasteiger partial charge in [-0.2, -0.15) is 0 Å². The van der Waals surface area contributed by atoms with E-state index in [1.807, 2.05) is 26.0 Å². The molecule has 21 heavy (non-hydrogen) atoms. The van der Waals surface area contributed by atoms with Crippen molar-refractivity contribution in [2.75, 3.05) is 13.2 Å². The van der Waals surface area contributed by atoms with Gasteiger partial charge in [-0.1, -0.05) is 19.8 Å². The lowest BCUT2D eigenvalue weighted by Crippen LogP contribution is -2.34. The average molecular weight is 312 g/mol. The van der Waals surface area contributed by atoms with E-state index in [9.17, 15) is 4.21 Å². The highest BCUT2D eigenvalue weighted by molar-refractivity contribution is 7.80. The standard InChI is InChI=1S/C16H24O4S/c1-4-5-6-11-19-21(17)14-9-7-13(8-10-14)20-16(2,3)15-12-18-15/h7-10,15H,4-6,11-12H2,1-3H3.